The van der Waals surface area contributed by atoms with Gasteiger partial charge in [-0.1, -0.05) is 0 Å². The number of hydrogen-bond donors (Lipinski definition) is 2. The van der Waals surface area contributed by atoms with Gasteiger partial charge in [-0.3, -0.25) is 4.79 Å². The summed E-state index contributed by atoms with van der Waals surface area (Å²) in [6, 6.07) is 5.91. The quantitative estimate of drug-likeness (QED) is 0.631. The van der Waals surface area contributed by atoms with Gasteiger partial charge in [-0.05, 0) is 37.1 Å². The zero-order valence-corrected chi connectivity index (χ0v) is 13.1. The fraction of sp³-hybridized carbons (Fsp3) is 0.500. The van der Waals surface area contributed by atoms with Crippen molar-refractivity contribution < 1.29 is 29.5 Å². The predicted molar refractivity (Wildman–Crippen MR) is 80.8 cm³/mol. The average molecular weight is 322 g/mol. The summed E-state index contributed by atoms with van der Waals surface area (Å²) >= 11 is 0. The van der Waals surface area contributed by atoms with Gasteiger partial charge in [-0.25, -0.2) is 0 Å². The Morgan fingerprint density at radius 2 is 2.17 bits per heavy atom. The van der Waals surface area contributed by atoms with E-state index in [4.69, 9.17) is 9.47 Å². The SMILES string of the molecule is COc1ccc(NC(=O)C[C@H]([NH2+]C[C@H]2CCCO2)C(=O)[O-])cc1. The molecule has 7 nitrogen and oxygen atoms in total. The van der Waals surface area contributed by atoms with Crippen LogP contribution in [0.5, 0.6) is 5.75 Å². The number of carbonyl (C=O) groups is 2. The highest BCUT2D eigenvalue weighted by molar-refractivity contribution is 5.93. The minimum atomic E-state index is -1.24. The smallest absolute Gasteiger partial charge is 0.230 e. The Kier molecular flexibility index (Phi) is 6.37. The second-order valence-electron chi connectivity index (χ2n) is 5.51. The van der Waals surface area contributed by atoms with E-state index in [1.165, 1.54) is 0 Å². The molecule has 0 radical (unpaired) electrons. The minimum absolute atomic E-state index is 0.0569. The Bertz CT molecular complexity index is 526. The van der Waals surface area contributed by atoms with Crippen molar-refractivity contribution in [2.45, 2.75) is 31.4 Å². The normalized spacial score (nSPS) is 18.4. The second-order valence-corrected chi connectivity index (χ2v) is 5.51. The number of hydrogen-bond acceptors (Lipinski definition) is 5. The highest BCUT2D eigenvalue weighted by Gasteiger charge is 2.23. The topological polar surface area (TPSA) is 104 Å². The van der Waals surface area contributed by atoms with Gasteiger partial charge in [-0.15, -0.1) is 0 Å². The number of nitrogens with one attached hydrogen (secondary N) is 1. The highest BCUT2D eigenvalue weighted by Crippen LogP contribution is 2.15. The predicted octanol–water partition coefficient (Wildman–Crippen LogP) is -1.12. The zero-order valence-electron chi connectivity index (χ0n) is 13.1. The zero-order chi connectivity index (χ0) is 16.7. The molecule has 0 aliphatic carbocycles. The molecule has 2 atom stereocenters. The summed E-state index contributed by atoms with van der Waals surface area (Å²) < 4.78 is 10.5. The molecule has 1 aromatic rings. The first-order chi connectivity index (χ1) is 11.1. The Labute approximate surface area is 135 Å². The Morgan fingerprint density at radius 3 is 2.74 bits per heavy atom. The van der Waals surface area contributed by atoms with Crippen LogP contribution in [0.1, 0.15) is 19.3 Å². The lowest BCUT2D eigenvalue weighted by Gasteiger charge is -2.18. The summed E-state index contributed by atoms with van der Waals surface area (Å²) in [5, 5.41) is 15.5. The van der Waals surface area contributed by atoms with Gasteiger partial charge >= 0.3 is 0 Å². The lowest BCUT2D eigenvalue weighted by Crippen LogP contribution is -2.94. The second kappa shape index (κ2) is 8.50. The number of carbonyl (C=O) groups excluding carboxylic acids is 2. The van der Waals surface area contributed by atoms with Gasteiger partial charge in [0.1, 0.15) is 24.4 Å². The Morgan fingerprint density at radius 1 is 1.43 bits per heavy atom. The highest BCUT2D eigenvalue weighted by atomic mass is 16.5. The van der Waals surface area contributed by atoms with Crippen molar-refractivity contribution in [2.24, 2.45) is 0 Å². The first kappa shape index (κ1) is 17.2. The molecule has 7 heteroatoms. The van der Waals surface area contributed by atoms with Gasteiger partial charge in [0.2, 0.25) is 5.91 Å². The number of carboxylic acid groups (broad SMARTS) is 1. The van der Waals surface area contributed by atoms with Crippen molar-refractivity contribution in [3.63, 3.8) is 0 Å². The van der Waals surface area contributed by atoms with Crippen LogP contribution < -0.4 is 20.5 Å². The maximum absolute atomic E-state index is 12.0. The van der Waals surface area contributed by atoms with Crippen LogP contribution >= 0.6 is 0 Å². The summed E-state index contributed by atoms with van der Waals surface area (Å²) in [4.78, 5) is 23.2. The molecule has 0 bridgehead atoms. The molecule has 1 amide bonds. The number of amides is 1. The molecule has 1 heterocycles. The summed E-state index contributed by atoms with van der Waals surface area (Å²) in [6.07, 6.45) is 1.82. The summed E-state index contributed by atoms with van der Waals surface area (Å²) in [6.45, 7) is 1.24. The minimum Gasteiger partial charge on any atom is -0.544 e. The number of quaternary nitrogens is 1. The van der Waals surface area contributed by atoms with Crippen molar-refractivity contribution in [3.8, 4) is 5.75 Å². The van der Waals surface area contributed by atoms with Crippen LogP contribution in [0.15, 0.2) is 24.3 Å². The van der Waals surface area contributed by atoms with Gasteiger partial charge < -0.3 is 30.0 Å². The molecule has 2 rings (SSSR count). The molecule has 23 heavy (non-hydrogen) atoms. The molecule has 1 saturated heterocycles. The number of nitrogens with two attached hydrogens (primary N) is 1. The standard InChI is InChI=1S/C16H22N2O5/c1-22-12-6-4-11(5-7-12)18-15(19)9-14(16(20)21)17-10-13-3-2-8-23-13/h4-7,13-14,17H,2-3,8-10H2,1H3,(H,18,19)(H,20,21)/t13-,14+/m1/s1. The van der Waals surface area contributed by atoms with E-state index in [-0.39, 0.29) is 18.4 Å². The van der Waals surface area contributed by atoms with E-state index < -0.39 is 12.0 Å². The molecule has 1 aliphatic rings. The third-order valence-corrected chi connectivity index (χ3v) is 3.79. The molecule has 3 N–H and O–H groups in total. The molecular weight excluding hydrogens is 300 g/mol. The number of ether oxygens (including phenoxy) is 2. The van der Waals surface area contributed by atoms with Crippen LogP contribution in [0.2, 0.25) is 0 Å². The number of benzene rings is 1. The summed E-state index contributed by atoms with van der Waals surface area (Å²) in [5.41, 5.74) is 0.590. The van der Waals surface area contributed by atoms with Gasteiger partial charge in [0.05, 0.1) is 19.5 Å². The average Bonchev–Trinajstić information content (AvgIpc) is 3.05. The molecule has 0 saturated carbocycles. The van der Waals surface area contributed by atoms with E-state index in [2.05, 4.69) is 5.32 Å². The van der Waals surface area contributed by atoms with Crippen LogP contribution in [-0.2, 0) is 14.3 Å². The molecule has 1 aromatic carbocycles. The number of rotatable bonds is 8. The van der Waals surface area contributed by atoms with Gasteiger partial charge in [-0.2, -0.15) is 0 Å². The largest absolute Gasteiger partial charge is 0.544 e. The summed E-state index contributed by atoms with van der Waals surface area (Å²) in [7, 11) is 1.56. The third kappa shape index (κ3) is 5.54. The molecule has 1 aliphatic heterocycles. The fourth-order valence-electron chi connectivity index (χ4n) is 2.50. The number of methoxy groups -OCH3 is 1. The van der Waals surface area contributed by atoms with Gasteiger partial charge in [0, 0.05) is 12.3 Å². The lowest BCUT2D eigenvalue weighted by molar-refractivity contribution is -0.687. The van der Waals surface area contributed by atoms with Crippen LogP contribution in [0.4, 0.5) is 5.69 Å². The lowest BCUT2D eigenvalue weighted by atomic mass is 10.1. The fourth-order valence-corrected chi connectivity index (χ4v) is 2.50. The molecule has 126 valence electrons. The van der Waals surface area contributed by atoms with E-state index >= 15 is 0 Å². The van der Waals surface area contributed by atoms with Crippen molar-refractivity contribution in [3.05, 3.63) is 24.3 Å². The Balaban J connectivity index is 1.82. The molecule has 0 aromatic heterocycles. The maximum Gasteiger partial charge on any atom is 0.230 e. The summed E-state index contributed by atoms with van der Waals surface area (Å²) in [5.74, 6) is -0.929. The monoisotopic (exact) mass is 322 g/mol. The van der Waals surface area contributed by atoms with Crippen molar-refractivity contribution in [1.82, 2.24) is 0 Å². The molecule has 1 fully saturated rings. The molecular formula is C16H22N2O5. The van der Waals surface area contributed by atoms with E-state index in [1.807, 2.05) is 0 Å². The van der Waals surface area contributed by atoms with Crippen molar-refractivity contribution in [1.29, 1.82) is 0 Å². The van der Waals surface area contributed by atoms with Crippen molar-refractivity contribution in [2.75, 3.05) is 25.6 Å². The number of aliphatic carboxylic acids is 1. The third-order valence-electron chi connectivity index (χ3n) is 3.79. The van der Waals surface area contributed by atoms with E-state index in [0.29, 0.717) is 24.6 Å². The van der Waals surface area contributed by atoms with E-state index in [1.54, 1.807) is 36.7 Å². The van der Waals surface area contributed by atoms with Gasteiger partial charge in [0.15, 0.2) is 0 Å². The van der Waals surface area contributed by atoms with E-state index in [0.717, 1.165) is 12.8 Å². The first-order valence-electron chi connectivity index (χ1n) is 7.68. The van der Waals surface area contributed by atoms with Gasteiger partial charge in [0.25, 0.3) is 0 Å². The van der Waals surface area contributed by atoms with Crippen LogP contribution in [0, 0.1) is 0 Å². The van der Waals surface area contributed by atoms with Crippen LogP contribution in [0.3, 0.4) is 0 Å². The Hall–Kier alpha value is -2.12. The number of carboxylic acids is 1. The van der Waals surface area contributed by atoms with Crippen molar-refractivity contribution >= 4 is 17.6 Å². The maximum atomic E-state index is 12.0. The molecule has 0 unspecified atom stereocenters. The van der Waals surface area contributed by atoms with Crippen LogP contribution in [0.25, 0.3) is 0 Å². The molecule has 0 spiro atoms. The number of anilines is 1. The van der Waals surface area contributed by atoms with Crippen LogP contribution in [-0.4, -0.2) is 44.3 Å². The first-order valence-corrected chi connectivity index (χ1v) is 7.68. The van der Waals surface area contributed by atoms with E-state index in [9.17, 15) is 14.7 Å².